The minimum atomic E-state index is -0.699. The Morgan fingerprint density at radius 2 is 2.33 bits per heavy atom. The molecule has 1 fully saturated rings. The van der Waals surface area contributed by atoms with Gasteiger partial charge in [-0.25, -0.2) is 0 Å². The van der Waals surface area contributed by atoms with Crippen molar-refractivity contribution >= 4 is 5.97 Å². The zero-order valence-electron chi connectivity index (χ0n) is 9.61. The molecule has 0 saturated carbocycles. The number of rotatable bonds is 6. The molecule has 0 aromatic rings. The lowest BCUT2D eigenvalue weighted by atomic mass is 10.1. The monoisotopic (exact) mass is 215 g/mol. The first-order valence-electron chi connectivity index (χ1n) is 5.73. The summed E-state index contributed by atoms with van der Waals surface area (Å²) in [5, 5.41) is 9.02. The molecule has 0 aromatic heterocycles. The van der Waals surface area contributed by atoms with Gasteiger partial charge in [-0.05, 0) is 32.2 Å². The van der Waals surface area contributed by atoms with Crippen molar-refractivity contribution in [2.75, 3.05) is 26.3 Å². The highest BCUT2D eigenvalue weighted by molar-refractivity contribution is 5.73. The maximum Gasteiger partial charge on any atom is 0.320 e. The Morgan fingerprint density at radius 3 is 2.87 bits per heavy atom. The van der Waals surface area contributed by atoms with Crippen LogP contribution in [0.1, 0.15) is 26.7 Å². The van der Waals surface area contributed by atoms with Crippen LogP contribution in [0.5, 0.6) is 0 Å². The lowest BCUT2D eigenvalue weighted by Crippen LogP contribution is -2.39. The van der Waals surface area contributed by atoms with Crippen LogP contribution < -0.4 is 0 Å². The van der Waals surface area contributed by atoms with Crippen molar-refractivity contribution in [3.63, 3.8) is 0 Å². The third-order valence-electron chi connectivity index (χ3n) is 2.99. The molecule has 0 amide bonds. The Balaban J connectivity index is 2.37. The van der Waals surface area contributed by atoms with E-state index in [2.05, 4.69) is 4.90 Å². The molecule has 15 heavy (non-hydrogen) atoms. The first-order chi connectivity index (χ1) is 7.19. The van der Waals surface area contributed by atoms with Gasteiger partial charge in [0.1, 0.15) is 6.04 Å². The van der Waals surface area contributed by atoms with E-state index in [0.717, 1.165) is 32.7 Å². The van der Waals surface area contributed by atoms with Crippen LogP contribution >= 0.6 is 0 Å². The molecule has 0 spiro atoms. The van der Waals surface area contributed by atoms with E-state index >= 15 is 0 Å². The highest BCUT2D eigenvalue weighted by atomic mass is 16.5. The van der Waals surface area contributed by atoms with Crippen LogP contribution in [-0.2, 0) is 9.53 Å². The van der Waals surface area contributed by atoms with E-state index in [9.17, 15) is 4.79 Å². The summed E-state index contributed by atoms with van der Waals surface area (Å²) in [5.74, 6) is -0.187. The van der Waals surface area contributed by atoms with Crippen LogP contribution in [0.25, 0.3) is 0 Å². The topological polar surface area (TPSA) is 49.8 Å². The minimum Gasteiger partial charge on any atom is -0.480 e. The largest absolute Gasteiger partial charge is 0.480 e. The molecule has 4 nitrogen and oxygen atoms in total. The maximum absolute atomic E-state index is 11.0. The van der Waals surface area contributed by atoms with Gasteiger partial charge in [0, 0.05) is 13.2 Å². The number of carboxylic acids is 1. The quantitative estimate of drug-likeness (QED) is 0.723. The molecule has 0 aromatic carbocycles. The molecule has 88 valence electrons. The van der Waals surface area contributed by atoms with Gasteiger partial charge in [0.2, 0.25) is 0 Å². The number of ether oxygens (including phenoxy) is 1. The molecule has 1 aliphatic heterocycles. The second kappa shape index (κ2) is 6.08. The predicted molar refractivity (Wildman–Crippen MR) is 57.9 cm³/mol. The third-order valence-corrected chi connectivity index (χ3v) is 2.99. The fourth-order valence-electron chi connectivity index (χ4n) is 2.16. The van der Waals surface area contributed by atoms with Crippen molar-refractivity contribution in [2.45, 2.75) is 32.7 Å². The molecular weight excluding hydrogens is 194 g/mol. The van der Waals surface area contributed by atoms with E-state index in [0.29, 0.717) is 12.3 Å². The molecule has 1 N–H and O–H groups in total. The van der Waals surface area contributed by atoms with E-state index in [-0.39, 0.29) is 6.04 Å². The summed E-state index contributed by atoms with van der Waals surface area (Å²) < 4.78 is 5.37. The number of carbonyl (C=O) groups is 1. The van der Waals surface area contributed by atoms with E-state index in [1.54, 1.807) is 0 Å². The number of nitrogens with zero attached hydrogens (tertiary/aromatic N) is 1. The molecule has 4 heteroatoms. The zero-order chi connectivity index (χ0) is 11.3. The molecule has 1 aliphatic rings. The summed E-state index contributed by atoms with van der Waals surface area (Å²) in [6.45, 7) is 7.18. The fourth-order valence-corrected chi connectivity index (χ4v) is 2.16. The summed E-state index contributed by atoms with van der Waals surface area (Å²) >= 11 is 0. The van der Waals surface area contributed by atoms with Gasteiger partial charge in [0.15, 0.2) is 0 Å². The van der Waals surface area contributed by atoms with Crippen LogP contribution in [0.2, 0.25) is 0 Å². The average molecular weight is 215 g/mol. The minimum absolute atomic E-state index is 0.309. The Labute approximate surface area is 91.2 Å². The standard InChI is InChI=1S/C11H21NO3/c1-3-10(11(13)14)12-6-5-9(7-12)8-15-4-2/h9-10H,3-8H2,1-2H3,(H,13,14). The number of likely N-dealkylation sites (tertiary alicyclic amines) is 1. The van der Waals surface area contributed by atoms with Crippen LogP contribution in [0, 0.1) is 5.92 Å². The predicted octanol–water partition coefficient (Wildman–Crippen LogP) is 1.21. The van der Waals surface area contributed by atoms with Gasteiger partial charge in [-0.1, -0.05) is 6.92 Å². The van der Waals surface area contributed by atoms with Gasteiger partial charge < -0.3 is 9.84 Å². The van der Waals surface area contributed by atoms with Crippen molar-refractivity contribution in [1.29, 1.82) is 0 Å². The maximum atomic E-state index is 11.0. The van der Waals surface area contributed by atoms with Crippen molar-refractivity contribution in [3.8, 4) is 0 Å². The summed E-state index contributed by atoms with van der Waals surface area (Å²) in [5.41, 5.74) is 0. The highest BCUT2D eigenvalue weighted by Gasteiger charge is 2.30. The summed E-state index contributed by atoms with van der Waals surface area (Å²) in [7, 11) is 0. The summed E-state index contributed by atoms with van der Waals surface area (Å²) in [4.78, 5) is 13.0. The number of aliphatic carboxylic acids is 1. The molecule has 1 heterocycles. The van der Waals surface area contributed by atoms with Gasteiger partial charge in [-0.2, -0.15) is 0 Å². The number of hydrogen-bond donors (Lipinski definition) is 1. The van der Waals surface area contributed by atoms with Crippen molar-refractivity contribution in [1.82, 2.24) is 4.90 Å². The van der Waals surface area contributed by atoms with Crippen molar-refractivity contribution < 1.29 is 14.6 Å². The fraction of sp³-hybridized carbons (Fsp3) is 0.909. The van der Waals surface area contributed by atoms with Gasteiger partial charge in [-0.3, -0.25) is 9.69 Å². The first-order valence-corrected chi connectivity index (χ1v) is 5.73. The van der Waals surface area contributed by atoms with Gasteiger partial charge >= 0.3 is 5.97 Å². The SMILES string of the molecule is CCOCC1CCN(C(CC)C(=O)O)C1. The number of hydrogen-bond acceptors (Lipinski definition) is 3. The van der Waals surface area contributed by atoms with Crippen molar-refractivity contribution in [3.05, 3.63) is 0 Å². The third kappa shape index (κ3) is 3.47. The Kier molecular flexibility index (Phi) is 5.05. The second-order valence-electron chi connectivity index (χ2n) is 4.07. The lowest BCUT2D eigenvalue weighted by Gasteiger charge is -2.22. The van der Waals surface area contributed by atoms with Gasteiger partial charge in [-0.15, -0.1) is 0 Å². The van der Waals surface area contributed by atoms with Gasteiger partial charge in [0.25, 0.3) is 0 Å². The smallest absolute Gasteiger partial charge is 0.320 e. The zero-order valence-corrected chi connectivity index (χ0v) is 9.61. The molecule has 1 saturated heterocycles. The van der Waals surface area contributed by atoms with Crippen LogP contribution in [0.3, 0.4) is 0 Å². The molecule has 2 unspecified atom stereocenters. The Bertz CT molecular complexity index is 208. The van der Waals surface area contributed by atoms with Crippen LogP contribution in [0.15, 0.2) is 0 Å². The highest BCUT2D eigenvalue weighted by Crippen LogP contribution is 2.20. The molecular formula is C11H21NO3. The number of carboxylic acid groups (broad SMARTS) is 1. The van der Waals surface area contributed by atoms with E-state index in [4.69, 9.17) is 9.84 Å². The molecule has 1 rings (SSSR count). The Morgan fingerprint density at radius 1 is 1.60 bits per heavy atom. The molecule has 0 radical (unpaired) electrons. The summed E-state index contributed by atoms with van der Waals surface area (Å²) in [6, 6.07) is -0.309. The van der Waals surface area contributed by atoms with Gasteiger partial charge in [0.05, 0.1) is 6.61 Å². The first kappa shape index (κ1) is 12.5. The summed E-state index contributed by atoms with van der Waals surface area (Å²) in [6.07, 6.45) is 1.74. The normalized spacial score (nSPS) is 24.3. The molecule has 2 atom stereocenters. The van der Waals surface area contributed by atoms with Crippen LogP contribution in [0.4, 0.5) is 0 Å². The van der Waals surface area contributed by atoms with Crippen LogP contribution in [-0.4, -0.2) is 48.3 Å². The Hall–Kier alpha value is -0.610. The second-order valence-corrected chi connectivity index (χ2v) is 4.07. The average Bonchev–Trinajstić information content (AvgIpc) is 2.64. The molecule has 0 bridgehead atoms. The van der Waals surface area contributed by atoms with E-state index in [1.165, 1.54) is 0 Å². The molecule has 0 aliphatic carbocycles. The lowest BCUT2D eigenvalue weighted by molar-refractivity contribution is -0.143. The van der Waals surface area contributed by atoms with E-state index < -0.39 is 5.97 Å². The van der Waals surface area contributed by atoms with Crippen molar-refractivity contribution in [2.24, 2.45) is 5.92 Å². The van der Waals surface area contributed by atoms with E-state index in [1.807, 2.05) is 13.8 Å².